The number of carbonyl (C=O) groups is 1. The summed E-state index contributed by atoms with van der Waals surface area (Å²) in [5, 5.41) is 3.01. The number of aliphatic imine (C=N–C) groups is 1. The number of para-hydroxylation sites is 2. The second kappa shape index (κ2) is 7.02. The minimum Gasteiger partial charge on any atom is -0.349 e. The lowest BCUT2D eigenvalue weighted by molar-refractivity contribution is -0.116. The number of hydrogen-bond acceptors (Lipinski definition) is 4. The van der Waals surface area contributed by atoms with E-state index in [9.17, 15) is 4.79 Å². The van der Waals surface area contributed by atoms with E-state index >= 15 is 0 Å². The van der Waals surface area contributed by atoms with Gasteiger partial charge in [0.15, 0.2) is 5.78 Å². The van der Waals surface area contributed by atoms with Crippen molar-refractivity contribution in [3.63, 3.8) is 0 Å². The topological polar surface area (TPSA) is 70.1 Å². The van der Waals surface area contributed by atoms with Crippen LogP contribution in [0.15, 0.2) is 29.3 Å². The quantitative estimate of drug-likeness (QED) is 0.768. The zero-order chi connectivity index (χ0) is 15.2. The normalized spacial score (nSPS) is 12.1. The highest BCUT2D eigenvalue weighted by Gasteiger charge is 2.05. The largest absolute Gasteiger partial charge is 0.349 e. The first-order chi connectivity index (χ1) is 10.0. The Morgan fingerprint density at radius 2 is 2.14 bits per heavy atom. The van der Waals surface area contributed by atoms with Crippen molar-refractivity contribution in [1.29, 1.82) is 0 Å². The zero-order valence-corrected chi connectivity index (χ0v) is 12.8. The van der Waals surface area contributed by atoms with Crippen LogP contribution in [0, 0.1) is 5.92 Å². The molecule has 0 saturated heterocycles. The van der Waals surface area contributed by atoms with Crippen LogP contribution in [0.5, 0.6) is 0 Å². The van der Waals surface area contributed by atoms with Gasteiger partial charge in [-0.25, -0.2) is 4.98 Å². The van der Waals surface area contributed by atoms with Crippen LogP contribution < -0.4 is 5.32 Å². The first-order valence-electron chi connectivity index (χ1n) is 7.25. The number of rotatable bonds is 7. The van der Waals surface area contributed by atoms with E-state index < -0.39 is 0 Å². The Hall–Kier alpha value is -2.17. The highest BCUT2D eigenvalue weighted by molar-refractivity contribution is 5.89. The third-order valence-electron chi connectivity index (χ3n) is 3.07. The minimum absolute atomic E-state index is 0.0542. The van der Waals surface area contributed by atoms with Crippen LogP contribution in [0.1, 0.15) is 27.2 Å². The molecule has 112 valence electrons. The van der Waals surface area contributed by atoms with Gasteiger partial charge in [0.1, 0.15) is 0 Å². The number of fused-ring (bicyclic) bond motifs is 1. The van der Waals surface area contributed by atoms with E-state index in [2.05, 4.69) is 34.1 Å². The van der Waals surface area contributed by atoms with Crippen molar-refractivity contribution in [1.82, 2.24) is 9.97 Å². The van der Waals surface area contributed by atoms with Gasteiger partial charge in [0.05, 0.1) is 24.1 Å². The highest BCUT2D eigenvalue weighted by atomic mass is 16.1. The molecule has 1 heterocycles. The van der Waals surface area contributed by atoms with Crippen LogP contribution in [-0.2, 0) is 4.79 Å². The molecule has 0 saturated carbocycles. The van der Waals surface area contributed by atoms with Crippen molar-refractivity contribution < 1.29 is 4.79 Å². The van der Waals surface area contributed by atoms with Crippen LogP contribution in [0.2, 0.25) is 0 Å². The third-order valence-corrected chi connectivity index (χ3v) is 3.07. The van der Waals surface area contributed by atoms with Crippen LogP contribution in [0.3, 0.4) is 0 Å². The molecule has 0 bridgehead atoms. The first-order valence-corrected chi connectivity index (χ1v) is 7.25. The average Bonchev–Trinajstić information content (AvgIpc) is 2.85. The summed E-state index contributed by atoms with van der Waals surface area (Å²) in [6.07, 6.45) is 0.935. The Kier molecular flexibility index (Phi) is 5.09. The van der Waals surface area contributed by atoms with Crippen molar-refractivity contribution >= 4 is 28.5 Å². The van der Waals surface area contributed by atoms with Gasteiger partial charge in [0, 0.05) is 5.71 Å². The summed E-state index contributed by atoms with van der Waals surface area (Å²) in [5.41, 5.74) is 2.87. The molecule has 5 heteroatoms. The Balaban J connectivity index is 1.83. The van der Waals surface area contributed by atoms with Crippen molar-refractivity contribution in [3.8, 4) is 0 Å². The number of nitrogens with zero attached hydrogens (tertiary/aromatic N) is 2. The lowest BCUT2D eigenvalue weighted by Crippen LogP contribution is -2.17. The number of ketones is 1. The molecule has 1 aromatic carbocycles. The maximum atomic E-state index is 11.8. The van der Waals surface area contributed by atoms with Crippen LogP contribution in [-0.4, -0.2) is 34.6 Å². The summed E-state index contributed by atoms with van der Waals surface area (Å²) in [4.78, 5) is 23.6. The van der Waals surface area contributed by atoms with Gasteiger partial charge in [-0.15, -0.1) is 0 Å². The predicted octanol–water partition coefficient (Wildman–Crippen LogP) is 3.05. The second-order valence-electron chi connectivity index (χ2n) is 5.64. The van der Waals surface area contributed by atoms with E-state index in [1.165, 1.54) is 0 Å². The number of nitrogens with one attached hydrogen (secondary N) is 2. The summed E-state index contributed by atoms with van der Waals surface area (Å²) < 4.78 is 0. The molecule has 1 aromatic heterocycles. The number of aromatic nitrogens is 2. The van der Waals surface area contributed by atoms with Gasteiger partial charge in [-0.2, -0.15) is 0 Å². The molecule has 0 atom stereocenters. The number of anilines is 1. The fraction of sp³-hybridized carbons (Fsp3) is 0.438. The molecule has 0 radical (unpaired) electrons. The first kappa shape index (κ1) is 15.2. The molecule has 2 aromatic rings. The molecule has 2 rings (SSSR count). The van der Waals surface area contributed by atoms with Gasteiger partial charge < -0.3 is 10.3 Å². The predicted molar refractivity (Wildman–Crippen MR) is 87.0 cm³/mol. The molecule has 0 unspecified atom stereocenters. The van der Waals surface area contributed by atoms with E-state index in [0.717, 1.165) is 23.2 Å². The standard InChI is InChI=1S/C16H22N4O/c1-11(2)8-12(3)17-9-13(21)10-18-16-19-14-6-4-5-7-15(14)20-16/h4-7,11H,8-10H2,1-3H3,(H2,18,19,20). The molecule has 0 spiro atoms. The molecule has 2 N–H and O–H groups in total. The maximum absolute atomic E-state index is 11.8. The SMILES string of the molecule is CC(CC(C)C)=NCC(=O)CNc1nc2ccccc2[nH]1. The second-order valence-corrected chi connectivity index (χ2v) is 5.64. The smallest absolute Gasteiger partial charge is 0.201 e. The number of Topliss-reactive ketones (excluding diaryl/α,β-unsaturated/α-hetero) is 1. The number of carbonyl (C=O) groups excluding carboxylic acids is 1. The summed E-state index contributed by atoms with van der Waals surface area (Å²) in [5.74, 6) is 1.24. The lowest BCUT2D eigenvalue weighted by Gasteiger charge is -2.04. The zero-order valence-electron chi connectivity index (χ0n) is 12.8. The van der Waals surface area contributed by atoms with E-state index in [0.29, 0.717) is 11.9 Å². The van der Waals surface area contributed by atoms with Gasteiger partial charge in [0.2, 0.25) is 5.95 Å². The number of H-pyrrole nitrogens is 1. The van der Waals surface area contributed by atoms with Crippen molar-refractivity contribution in [2.24, 2.45) is 10.9 Å². The van der Waals surface area contributed by atoms with Gasteiger partial charge in [-0.3, -0.25) is 9.79 Å². The van der Waals surface area contributed by atoms with Gasteiger partial charge >= 0.3 is 0 Å². The molecular weight excluding hydrogens is 264 g/mol. The molecular formula is C16H22N4O. The Bertz CT molecular complexity index is 610. The summed E-state index contributed by atoms with van der Waals surface area (Å²) in [6, 6.07) is 7.76. The Morgan fingerprint density at radius 3 is 2.86 bits per heavy atom. The fourth-order valence-electron chi connectivity index (χ4n) is 2.15. The number of hydrogen-bond donors (Lipinski definition) is 2. The monoisotopic (exact) mass is 286 g/mol. The van der Waals surface area contributed by atoms with Crippen LogP contribution >= 0.6 is 0 Å². The van der Waals surface area contributed by atoms with Gasteiger partial charge in [-0.05, 0) is 31.4 Å². The van der Waals surface area contributed by atoms with E-state index in [-0.39, 0.29) is 18.9 Å². The van der Waals surface area contributed by atoms with Crippen molar-refractivity contribution in [3.05, 3.63) is 24.3 Å². The molecule has 0 fully saturated rings. The van der Waals surface area contributed by atoms with Gasteiger partial charge in [-0.1, -0.05) is 26.0 Å². The molecule has 21 heavy (non-hydrogen) atoms. The lowest BCUT2D eigenvalue weighted by atomic mass is 10.1. The van der Waals surface area contributed by atoms with Crippen LogP contribution in [0.4, 0.5) is 5.95 Å². The molecule has 0 aliphatic carbocycles. The summed E-state index contributed by atoms with van der Waals surface area (Å²) in [6.45, 7) is 6.72. The Labute approximate surface area is 124 Å². The average molecular weight is 286 g/mol. The third kappa shape index (κ3) is 4.70. The molecule has 5 nitrogen and oxygen atoms in total. The fourth-order valence-corrected chi connectivity index (χ4v) is 2.15. The summed E-state index contributed by atoms with van der Waals surface area (Å²) >= 11 is 0. The van der Waals surface area contributed by atoms with Crippen LogP contribution in [0.25, 0.3) is 11.0 Å². The van der Waals surface area contributed by atoms with E-state index in [1.54, 1.807) is 0 Å². The minimum atomic E-state index is 0.0542. The van der Waals surface area contributed by atoms with Crippen molar-refractivity contribution in [2.75, 3.05) is 18.4 Å². The van der Waals surface area contributed by atoms with Gasteiger partial charge in [0.25, 0.3) is 0 Å². The molecule has 0 aliphatic heterocycles. The molecule has 0 aliphatic rings. The summed E-state index contributed by atoms with van der Waals surface area (Å²) in [7, 11) is 0. The Morgan fingerprint density at radius 1 is 1.38 bits per heavy atom. The number of benzene rings is 1. The van der Waals surface area contributed by atoms with E-state index in [1.807, 2.05) is 31.2 Å². The molecule has 0 amide bonds. The maximum Gasteiger partial charge on any atom is 0.201 e. The highest BCUT2D eigenvalue weighted by Crippen LogP contribution is 2.12. The number of aromatic amines is 1. The number of imidazole rings is 1. The van der Waals surface area contributed by atoms with Crippen molar-refractivity contribution in [2.45, 2.75) is 27.2 Å². The van der Waals surface area contributed by atoms with E-state index in [4.69, 9.17) is 0 Å².